The van der Waals surface area contributed by atoms with Gasteiger partial charge in [-0.25, -0.2) is 0 Å². The Bertz CT molecular complexity index is 636. The maximum atomic E-state index is 5.79. The lowest BCUT2D eigenvalue weighted by Gasteiger charge is -2.24. The summed E-state index contributed by atoms with van der Waals surface area (Å²) in [6, 6.07) is 8.24. The molecule has 24 heavy (non-hydrogen) atoms. The van der Waals surface area contributed by atoms with Crippen LogP contribution in [0.1, 0.15) is 44.0 Å². The second-order valence-corrected chi connectivity index (χ2v) is 7.13. The summed E-state index contributed by atoms with van der Waals surface area (Å²) in [5.41, 5.74) is 0. The van der Waals surface area contributed by atoms with Gasteiger partial charge in [-0.2, -0.15) is 0 Å². The van der Waals surface area contributed by atoms with Crippen LogP contribution in [0.15, 0.2) is 29.4 Å². The van der Waals surface area contributed by atoms with E-state index in [1.807, 2.05) is 24.3 Å². The summed E-state index contributed by atoms with van der Waals surface area (Å²) in [6.07, 6.45) is 6.47. The van der Waals surface area contributed by atoms with Crippen LogP contribution in [0.4, 0.5) is 0 Å². The molecule has 1 saturated carbocycles. The van der Waals surface area contributed by atoms with Crippen LogP contribution in [0.3, 0.4) is 0 Å². The van der Waals surface area contributed by atoms with Crippen molar-refractivity contribution in [1.29, 1.82) is 0 Å². The van der Waals surface area contributed by atoms with Crippen LogP contribution in [0.2, 0.25) is 0 Å². The highest BCUT2D eigenvalue weighted by molar-refractivity contribution is 7.99. The number of benzene rings is 1. The van der Waals surface area contributed by atoms with Gasteiger partial charge in [0.25, 0.3) is 0 Å². The van der Waals surface area contributed by atoms with Gasteiger partial charge in [0.1, 0.15) is 17.3 Å². The van der Waals surface area contributed by atoms with Gasteiger partial charge in [0, 0.05) is 11.8 Å². The van der Waals surface area contributed by atoms with Gasteiger partial charge < -0.3 is 14.0 Å². The third-order valence-corrected chi connectivity index (χ3v) is 5.32. The molecule has 0 radical (unpaired) electrons. The predicted octanol–water partition coefficient (Wildman–Crippen LogP) is 4.27. The third-order valence-electron chi connectivity index (χ3n) is 4.42. The van der Waals surface area contributed by atoms with Crippen LogP contribution in [-0.2, 0) is 0 Å². The minimum atomic E-state index is 0.568. The molecular formula is C18H25N3O2S. The molecule has 0 unspecified atom stereocenters. The maximum Gasteiger partial charge on any atom is 0.191 e. The normalized spacial score (nSPS) is 15.4. The summed E-state index contributed by atoms with van der Waals surface area (Å²) >= 11 is 1.73. The summed E-state index contributed by atoms with van der Waals surface area (Å²) in [4.78, 5) is 0. The van der Waals surface area contributed by atoms with E-state index in [-0.39, 0.29) is 0 Å². The van der Waals surface area contributed by atoms with E-state index in [1.165, 1.54) is 32.1 Å². The zero-order valence-corrected chi connectivity index (χ0v) is 15.2. The Morgan fingerprint density at radius 1 is 1.08 bits per heavy atom. The molecule has 1 aliphatic carbocycles. The van der Waals surface area contributed by atoms with Crippen LogP contribution in [-0.4, -0.2) is 34.2 Å². The summed E-state index contributed by atoms with van der Waals surface area (Å²) in [5, 5.41) is 9.67. The van der Waals surface area contributed by atoms with Crippen LogP contribution in [0.25, 0.3) is 0 Å². The van der Waals surface area contributed by atoms with Crippen molar-refractivity contribution >= 4 is 11.8 Å². The minimum Gasteiger partial charge on any atom is -0.497 e. The van der Waals surface area contributed by atoms with Gasteiger partial charge in [-0.05, 0) is 44.0 Å². The van der Waals surface area contributed by atoms with Crippen molar-refractivity contribution < 1.29 is 9.47 Å². The molecule has 2 aromatic rings. The van der Waals surface area contributed by atoms with Gasteiger partial charge in [-0.1, -0.05) is 31.0 Å². The fourth-order valence-corrected chi connectivity index (χ4v) is 4.04. The number of ether oxygens (including phenoxy) is 2. The SMILES string of the molecule is COc1ccc(OCCSc2nnc(C)n2C2CCCCC2)cc1. The summed E-state index contributed by atoms with van der Waals surface area (Å²) in [7, 11) is 1.66. The molecule has 1 aromatic carbocycles. The fourth-order valence-electron chi connectivity index (χ4n) is 3.17. The summed E-state index contributed by atoms with van der Waals surface area (Å²) in [5.74, 6) is 3.59. The highest BCUT2D eigenvalue weighted by atomic mass is 32.2. The smallest absolute Gasteiger partial charge is 0.191 e. The highest BCUT2D eigenvalue weighted by Crippen LogP contribution is 2.32. The molecule has 1 heterocycles. The number of hydrogen-bond acceptors (Lipinski definition) is 5. The second kappa shape index (κ2) is 8.42. The molecule has 1 aromatic heterocycles. The summed E-state index contributed by atoms with van der Waals surface area (Å²) < 4.78 is 13.3. The first-order valence-electron chi connectivity index (χ1n) is 8.59. The van der Waals surface area contributed by atoms with E-state index in [9.17, 15) is 0 Å². The van der Waals surface area contributed by atoms with Crippen molar-refractivity contribution in [2.24, 2.45) is 0 Å². The first-order valence-corrected chi connectivity index (χ1v) is 9.57. The molecule has 0 atom stereocenters. The number of nitrogens with zero attached hydrogens (tertiary/aromatic N) is 3. The largest absolute Gasteiger partial charge is 0.497 e. The molecule has 130 valence electrons. The fraction of sp³-hybridized carbons (Fsp3) is 0.556. The number of hydrogen-bond donors (Lipinski definition) is 0. The Labute approximate surface area is 147 Å². The van der Waals surface area contributed by atoms with E-state index < -0.39 is 0 Å². The molecule has 0 bridgehead atoms. The van der Waals surface area contributed by atoms with Gasteiger partial charge in [0.05, 0.1) is 13.7 Å². The Morgan fingerprint density at radius 2 is 1.79 bits per heavy atom. The topological polar surface area (TPSA) is 49.2 Å². The monoisotopic (exact) mass is 347 g/mol. The molecule has 1 fully saturated rings. The molecule has 0 spiro atoms. The van der Waals surface area contributed by atoms with Crippen molar-refractivity contribution in [3.63, 3.8) is 0 Å². The minimum absolute atomic E-state index is 0.568. The van der Waals surface area contributed by atoms with Crippen LogP contribution in [0.5, 0.6) is 11.5 Å². The van der Waals surface area contributed by atoms with E-state index >= 15 is 0 Å². The standard InChI is InChI=1S/C18H25N3O2S/c1-14-19-20-18(21(14)15-6-4-3-5-7-15)24-13-12-23-17-10-8-16(22-2)9-11-17/h8-11,15H,3-7,12-13H2,1-2H3. The van der Waals surface area contributed by atoms with Crippen molar-refractivity contribution in [2.75, 3.05) is 19.5 Å². The Hall–Kier alpha value is -1.69. The first kappa shape index (κ1) is 17.1. The van der Waals surface area contributed by atoms with E-state index in [0.29, 0.717) is 12.6 Å². The first-order chi connectivity index (χ1) is 11.8. The Morgan fingerprint density at radius 3 is 2.50 bits per heavy atom. The number of rotatable bonds is 7. The molecule has 3 rings (SSSR count). The van der Waals surface area contributed by atoms with Gasteiger partial charge in [0.15, 0.2) is 5.16 Å². The lowest BCUT2D eigenvalue weighted by atomic mass is 9.95. The Kier molecular flexibility index (Phi) is 6.01. The van der Waals surface area contributed by atoms with Gasteiger partial charge in [-0.3, -0.25) is 0 Å². The average molecular weight is 347 g/mol. The van der Waals surface area contributed by atoms with Crippen molar-refractivity contribution in [2.45, 2.75) is 50.2 Å². The molecule has 5 nitrogen and oxygen atoms in total. The third kappa shape index (κ3) is 4.23. The summed E-state index contributed by atoms with van der Waals surface area (Å²) in [6.45, 7) is 2.70. The molecular weight excluding hydrogens is 322 g/mol. The second-order valence-electron chi connectivity index (χ2n) is 6.06. The quantitative estimate of drug-likeness (QED) is 0.553. The molecule has 0 saturated heterocycles. The number of aryl methyl sites for hydroxylation is 1. The molecule has 1 aliphatic rings. The van der Waals surface area contributed by atoms with Gasteiger partial charge in [0.2, 0.25) is 0 Å². The zero-order chi connectivity index (χ0) is 16.8. The van der Waals surface area contributed by atoms with Crippen molar-refractivity contribution in [3.8, 4) is 11.5 Å². The van der Waals surface area contributed by atoms with Gasteiger partial charge in [-0.15, -0.1) is 10.2 Å². The number of thioether (sulfide) groups is 1. The van der Waals surface area contributed by atoms with E-state index in [1.54, 1.807) is 18.9 Å². The van der Waals surface area contributed by atoms with Crippen LogP contribution >= 0.6 is 11.8 Å². The van der Waals surface area contributed by atoms with Crippen molar-refractivity contribution in [1.82, 2.24) is 14.8 Å². The van der Waals surface area contributed by atoms with Crippen LogP contribution < -0.4 is 9.47 Å². The van der Waals surface area contributed by atoms with E-state index in [4.69, 9.17) is 9.47 Å². The van der Waals surface area contributed by atoms with Crippen LogP contribution in [0, 0.1) is 6.92 Å². The number of aromatic nitrogens is 3. The molecule has 0 N–H and O–H groups in total. The molecule has 0 amide bonds. The average Bonchev–Trinajstić information content (AvgIpc) is 3.00. The zero-order valence-electron chi connectivity index (χ0n) is 14.4. The maximum absolute atomic E-state index is 5.79. The highest BCUT2D eigenvalue weighted by Gasteiger charge is 2.21. The van der Waals surface area contributed by atoms with Crippen molar-refractivity contribution in [3.05, 3.63) is 30.1 Å². The molecule has 6 heteroatoms. The van der Waals surface area contributed by atoms with Gasteiger partial charge >= 0.3 is 0 Å². The predicted molar refractivity (Wildman–Crippen MR) is 96.1 cm³/mol. The number of methoxy groups -OCH3 is 1. The van der Waals surface area contributed by atoms with E-state index in [2.05, 4.69) is 21.7 Å². The Balaban J connectivity index is 1.51. The lowest BCUT2D eigenvalue weighted by molar-refractivity contribution is 0.330. The lowest BCUT2D eigenvalue weighted by Crippen LogP contribution is -2.15. The van der Waals surface area contributed by atoms with E-state index in [0.717, 1.165) is 28.2 Å². The molecule has 0 aliphatic heterocycles.